The lowest BCUT2D eigenvalue weighted by Crippen LogP contribution is -2.41. The molecule has 0 heterocycles. The smallest absolute Gasteiger partial charge is 0.251 e. The molecule has 0 bridgehead atoms. The number of carbonyl (C=O) groups excluding carboxylic acids is 1. The molecule has 0 fully saturated rings. The van der Waals surface area contributed by atoms with Crippen molar-refractivity contribution in [3.8, 4) is 5.75 Å². The zero-order chi connectivity index (χ0) is 20.0. The van der Waals surface area contributed by atoms with Crippen molar-refractivity contribution in [1.82, 2.24) is 16.0 Å². The van der Waals surface area contributed by atoms with Crippen LogP contribution < -0.4 is 20.7 Å². The molecule has 0 aliphatic rings. The first-order chi connectivity index (χ1) is 13.7. The molecule has 0 aliphatic heterocycles. The van der Waals surface area contributed by atoms with Gasteiger partial charge < -0.3 is 20.7 Å². The van der Waals surface area contributed by atoms with Crippen LogP contribution in [0.4, 0.5) is 0 Å². The zero-order valence-corrected chi connectivity index (χ0v) is 19.0. The fourth-order valence-corrected chi connectivity index (χ4v) is 2.48. The first-order valence-corrected chi connectivity index (χ1v) is 9.41. The van der Waals surface area contributed by atoms with E-state index in [9.17, 15) is 4.79 Å². The highest BCUT2D eigenvalue weighted by molar-refractivity contribution is 14.0. The highest BCUT2D eigenvalue weighted by Crippen LogP contribution is 2.18. The van der Waals surface area contributed by atoms with E-state index in [0.29, 0.717) is 37.8 Å². The Bertz CT molecular complexity index is 781. The molecule has 0 aromatic heterocycles. The van der Waals surface area contributed by atoms with Crippen LogP contribution in [0, 0.1) is 0 Å². The van der Waals surface area contributed by atoms with Crippen LogP contribution in [0.25, 0.3) is 0 Å². The Hall–Kier alpha value is -2.55. The maximum absolute atomic E-state index is 12.0. The Labute approximate surface area is 189 Å². The third-order valence-electron chi connectivity index (χ3n) is 3.82. The molecule has 156 valence electrons. The van der Waals surface area contributed by atoms with E-state index in [-0.39, 0.29) is 29.9 Å². The number of halogens is 1. The summed E-state index contributed by atoms with van der Waals surface area (Å²) in [5.41, 5.74) is 1.65. The van der Waals surface area contributed by atoms with Gasteiger partial charge in [-0.05, 0) is 25.1 Å². The minimum Gasteiger partial charge on any atom is -0.489 e. The monoisotopic (exact) mass is 508 g/mol. The minimum atomic E-state index is -0.0855. The van der Waals surface area contributed by atoms with E-state index in [4.69, 9.17) is 4.74 Å². The van der Waals surface area contributed by atoms with Gasteiger partial charge in [-0.25, -0.2) is 4.99 Å². The molecule has 2 aromatic rings. The SMILES string of the molecule is C=CCOc1ccccc1CN=C(NCC)NCCNC(=O)c1ccccc1.I. The third kappa shape index (κ3) is 8.99. The van der Waals surface area contributed by atoms with Gasteiger partial charge in [-0.2, -0.15) is 0 Å². The number of guanidine groups is 1. The van der Waals surface area contributed by atoms with E-state index in [2.05, 4.69) is 27.5 Å². The molecular weight excluding hydrogens is 479 g/mol. The molecule has 7 heteroatoms. The molecule has 0 saturated carbocycles. The van der Waals surface area contributed by atoms with Gasteiger partial charge in [-0.1, -0.05) is 49.1 Å². The summed E-state index contributed by atoms with van der Waals surface area (Å²) in [5, 5.41) is 9.32. The van der Waals surface area contributed by atoms with Gasteiger partial charge >= 0.3 is 0 Å². The molecule has 2 aromatic carbocycles. The van der Waals surface area contributed by atoms with E-state index in [0.717, 1.165) is 17.9 Å². The number of aliphatic imine (C=N–C) groups is 1. The van der Waals surface area contributed by atoms with Crippen molar-refractivity contribution in [3.05, 3.63) is 78.4 Å². The van der Waals surface area contributed by atoms with Crippen LogP contribution in [0.15, 0.2) is 72.2 Å². The summed E-state index contributed by atoms with van der Waals surface area (Å²) in [5.74, 6) is 1.41. The van der Waals surface area contributed by atoms with Crippen LogP contribution in [0.1, 0.15) is 22.8 Å². The summed E-state index contributed by atoms with van der Waals surface area (Å²) in [6, 6.07) is 17.0. The number of nitrogens with one attached hydrogen (secondary N) is 3. The number of carbonyl (C=O) groups is 1. The number of hydrogen-bond donors (Lipinski definition) is 3. The number of para-hydroxylation sites is 1. The third-order valence-corrected chi connectivity index (χ3v) is 3.82. The molecular formula is C22H29IN4O2. The van der Waals surface area contributed by atoms with E-state index < -0.39 is 0 Å². The lowest BCUT2D eigenvalue weighted by Gasteiger charge is -2.13. The fraction of sp³-hybridized carbons (Fsp3) is 0.273. The molecule has 0 radical (unpaired) electrons. The van der Waals surface area contributed by atoms with Crippen molar-refractivity contribution in [2.75, 3.05) is 26.2 Å². The number of hydrogen-bond acceptors (Lipinski definition) is 3. The quantitative estimate of drug-likeness (QED) is 0.151. The Morgan fingerprint density at radius 1 is 1.03 bits per heavy atom. The van der Waals surface area contributed by atoms with Crippen LogP contribution in [-0.4, -0.2) is 38.1 Å². The predicted octanol–water partition coefficient (Wildman–Crippen LogP) is 3.35. The summed E-state index contributed by atoms with van der Waals surface area (Å²) in [7, 11) is 0. The van der Waals surface area contributed by atoms with Gasteiger partial charge in [-0.3, -0.25) is 4.79 Å². The molecule has 29 heavy (non-hydrogen) atoms. The summed E-state index contributed by atoms with van der Waals surface area (Å²) >= 11 is 0. The van der Waals surface area contributed by atoms with Gasteiger partial charge in [0.15, 0.2) is 5.96 Å². The van der Waals surface area contributed by atoms with Crippen molar-refractivity contribution in [1.29, 1.82) is 0 Å². The first kappa shape index (κ1) is 24.5. The van der Waals surface area contributed by atoms with Crippen molar-refractivity contribution >= 4 is 35.8 Å². The zero-order valence-electron chi connectivity index (χ0n) is 16.7. The molecule has 0 saturated heterocycles. The van der Waals surface area contributed by atoms with E-state index in [1.807, 2.05) is 49.4 Å². The number of amides is 1. The normalized spacial score (nSPS) is 10.4. The number of benzene rings is 2. The van der Waals surface area contributed by atoms with Crippen LogP contribution in [0.3, 0.4) is 0 Å². The Morgan fingerprint density at radius 3 is 2.45 bits per heavy atom. The second-order valence-corrected chi connectivity index (χ2v) is 5.95. The van der Waals surface area contributed by atoms with Crippen molar-refractivity contribution < 1.29 is 9.53 Å². The highest BCUT2D eigenvalue weighted by atomic mass is 127. The molecule has 2 rings (SSSR count). The lowest BCUT2D eigenvalue weighted by atomic mass is 10.2. The maximum atomic E-state index is 12.0. The van der Waals surface area contributed by atoms with E-state index >= 15 is 0 Å². The van der Waals surface area contributed by atoms with Crippen LogP contribution in [-0.2, 0) is 6.54 Å². The fourth-order valence-electron chi connectivity index (χ4n) is 2.48. The average molecular weight is 508 g/mol. The van der Waals surface area contributed by atoms with Crippen molar-refractivity contribution in [2.45, 2.75) is 13.5 Å². The van der Waals surface area contributed by atoms with E-state index in [1.54, 1.807) is 18.2 Å². The van der Waals surface area contributed by atoms with Gasteiger partial charge in [-0.15, -0.1) is 24.0 Å². The maximum Gasteiger partial charge on any atom is 0.251 e. The summed E-state index contributed by atoms with van der Waals surface area (Å²) in [6.45, 7) is 8.44. The van der Waals surface area contributed by atoms with E-state index in [1.165, 1.54) is 0 Å². The topological polar surface area (TPSA) is 74.8 Å². The number of rotatable bonds is 10. The van der Waals surface area contributed by atoms with Crippen molar-refractivity contribution in [2.24, 2.45) is 4.99 Å². The van der Waals surface area contributed by atoms with Gasteiger partial charge in [0.05, 0.1) is 6.54 Å². The average Bonchev–Trinajstić information content (AvgIpc) is 2.74. The van der Waals surface area contributed by atoms with Crippen LogP contribution in [0.2, 0.25) is 0 Å². The Morgan fingerprint density at radius 2 is 1.72 bits per heavy atom. The van der Waals surface area contributed by atoms with Gasteiger partial charge in [0.1, 0.15) is 12.4 Å². The molecule has 6 nitrogen and oxygen atoms in total. The second-order valence-electron chi connectivity index (χ2n) is 5.95. The van der Waals surface area contributed by atoms with Crippen molar-refractivity contribution in [3.63, 3.8) is 0 Å². The summed E-state index contributed by atoms with van der Waals surface area (Å²) in [4.78, 5) is 16.6. The largest absolute Gasteiger partial charge is 0.489 e. The number of nitrogens with zero attached hydrogens (tertiary/aromatic N) is 1. The van der Waals surface area contributed by atoms with Gasteiger partial charge in [0.25, 0.3) is 5.91 Å². The predicted molar refractivity (Wildman–Crippen MR) is 129 cm³/mol. The Kier molecular flexibility index (Phi) is 12.2. The summed E-state index contributed by atoms with van der Waals surface area (Å²) < 4.78 is 5.67. The number of ether oxygens (including phenoxy) is 1. The standard InChI is InChI=1S/C22H28N4O2.HI/c1-3-16-28-20-13-9-8-12-19(20)17-26-22(23-4-2)25-15-14-24-21(27)18-10-6-5-7-11-18;/h3,5-13H,1,4,14-17H2,2H3,(H,24,27)(H2,23,25,26);1H. The molecule has 3 N–H and O–H groups in total. The summed E-state index contributed by atoms with van der Waals surface area (Å²) in [6.07, 6.45) is 1.72. The van der Waals surface area contributed by atoms with Crippen LogP contribution >= 0.6 is 24.0 Å². The molecule has 0 atom stereocenters. The van der Waals surface area contributed by atoms with Gasteiger partial charge in [0, 0.05) is 30.8 Å². The van der Waals surface area contributed by atoms with Gasteiger partial charge in [0.2, 0.25) is 0 Å². The highest BCUT2D eigenvalue weighted by Gasteiger charge is 2.05. The lowest BCUT2D eigenvalue weighted by molar-refractivity contribution is 0.0954. The molecule has 0 spiro atoms. The Balaban J connectivity index is 0.00000420. The molecule has 0 aliphatic carbocycles. The van der Waals surface area contributed by atoms with Crippen LogP contribution in [0.5, 0.6) is 5.75 Å². The molecule has 1 amide bonds. The molecule has 0 unspecified atom stereocenters. The first-order valence-electron chi connectivity index (χ1n) is 9.41. The minimum absolute atomic E-state index is 0. The second kappa shape index (κ2) is 14.4.